The number of halogens is 1. The average Bonchev–Trinajstić information content (AvgIpc) is 3.11. The summed E-state index contributed by atoms with van der Waals surface area (Å²) in [5.41, 5.74) is 0.930. The molecule has 1 aliphatic rings. The van der Waals surface area contributed by atoms with E-state index < -0.39 is 0 Å². The summed E-state index contributed by atoms with van der Waals surface area (Å²) in [7, 11) is 0. The van der Waals surface area contributed by atoms with Crippen LogP contribution >= 0.6 is 11.6 Å². The summed E-state index contributed by atoms with van der Waals surface area (Å²) in [6, 6.07) is 11.7. The van der Waals surface area contributed by atoms with Crippen LogP contribution < -0.4 is 5.32 Å². The lowest BCUT2D eigenvalue weighted by Gasteiger charge is -2.09. The van der Waals surface area contributed by atoms with Crippen molar-refractivity contribution in [2.45, 2.75) is 25.5 Å². The van der Waals surface area contributed by atoms with Crippen molar-refractivity contribution in [1.82, 2.24) is 5.32 Å². The molecule has 1 unspecified atom stereocenters. The molecule has 1 fully saturated rings. The zero-order valence-corrected chi connectivity index (χ0v) is 12.0. The highest BCUT2D eigenvalue weighted by Crippen LogP contribution is 2.28. The van der Waals surface area contributed by atoms with Gasteiger partial charge in [-0.2, -0.15) is 0 Å². The first-order valence-corrected chi connectivity index (χ1v) is 7.36. The Morgan fingerprint density at radius 1 is 1.20 bits per heavy atom. The van der Waals surface area contributed by atoms with E-state index in [1.807, 2.05) is 36.4 Å². The van der Waals surface area contributed by atoms with Crippen molar-refractivity contribution < 1.29 is 9.15 Å². The molecule has 20 heavy (non-hydrogen) atoms. The summed E-state index contributed by atoms with van der Waals surface area (Å²) in [5.74, 6) is 1.72. The van der Waals surface area contributed by atoms with Gasteiger partial charge in [0.15, 0.2) is 0 Å². The van der Waals surface area contributed by atoms with E-state index in [9.17, 15) is 0 Å². The van der Waals surface area contributed by atoms with E-state index in [2.05, 4.69) is 5.32 Å². The Balaban J connectivity index is 1.58. The van der Waals surface area contributed by atoms with Crippen molar-refractivity contribution in [1.29, 1.82) is 0 Å². The summed E-state index contributed by atoms with van der Waals surface area (Å²) >= 11 is 6.17. The number of benzene rings is 1. The number of nitrogens with one attached hydrogen (secondary N) is 1. The summed E-state index contributed by atoms with van der Waals surface area (Å²) in [6.45, 7) is 2.48. The molecule has 0 saturated carbocycles. The van der Waals surface area contributed by atoms with Crippen molar-refractivity contribution in [3.63, 3.8) is 0 Å². The van der Waals surface area contributed by atoms with Gasteiger partial charge in [-0.3, -0.25) is 0 Å². The summed E-state index contributed by atoms with van der Waals surface area (Å²) in [6.07, 6.45) is 2.67. The molecule has 3 rings (SSSR count). The van der Waals surface area contributed by atoms with Gasteiger partial charge < -0.3 is 14.5 Å². The molecular formula is C16H18ClNO2. The lowest BCUT2D eigenvalue weighted by atomic mass is 10.2. The van der Waals surface area contributed by atoms with Gasteiger partial charge in [0.05, 0.1) is 17.7 Å². The molecule has 0 aliphatic carbocycles. The van der Waals surface area contributed by atoms with Crippen LogP contribution in [0, 0.1) is 0 Å². The third-order valence-electron chi connectivity index (χ3n) is 3.50. The first-order valence-electron chi connectivity index (χ1n) is 6.99. The molecule has 1 N–H and O–H groups in total. The maximum Gasteiger partial charge on any atom is 0.135 e. The Kier molecular flexibility index (Phi) is 4.41. The fraction of sp³-hybridized carbons (Fsp3) is 0.375. The number of furan rings is 1. The molecule has 2 aromatic rings. The average molecular weight is 292 g/mol. The Labute approximate surface area is 123 Å². The SMILES string of the molecule is Clc1ccccc1-c1ccc(CNCC2CCCO2)o1. The van der Waals surface area contributed by atoms with Crippen LogP contribution in [0.3, 0.4) is 0 Å². The Morgan fingerprint density at radius 2 is 2.10 bits per heavy atom. The minimum Gasteiger partial charge on any atom is -0.460 e. The van der Waals surface area contributed by atoms with E-state index in [1.54, 1.807) is 0 Å². The predicted molar refractivity (Wildman–Crippen MR) is 79.8 cm³/mol. The van der Waals surface area contributed by atoms with Gasteiger partial charge >= 0.3 is 0 Å². The van der Waals surface area contributed by atoms with Crippen LogP contribution in [0.5, 0.6) is 0 Å². The topological polar surface area (TPSA) is 34.4 Å². The molecule has 3 nitrogen and oxygen atoms in total. The van der Waals surface area contributed by atoms with Crippen LogP contribution in [0.15, 0.2) is 40.8 Å². The van der Waals surface area contributed by atoms with Crippen LogP contribution in [-0.2, 0) is 11.3 Å². The van der Waals surface area contributed by atoms with Crippen LogP contribution in [0.25, 0.3) is 11.3 Å². The molecule has 1 aliphatic heterocycles. The van der Waals surface area contributed by atoms with Crippen LogP contribution in [-0.4, -0.2) is 19.3 Å². The highest BCUT2D eigenvalue weighted by molar-refractivity contribution is 6.33. The zero-order valence-electron chi connectivity index (χ0n) is 11.3. The quantitative estimate of drug-likeness (QED) is 0.908. The van der Waals surface area contributed by atoms with Gasteiger partial charge in [-0.15, -0.1) is 0 Å². The standard InChI is InChI=1S/C16H18ClNO2/c17-15-6-2-1-5-14(15)16-8-7-13(20-16)11-18-10-12-4-3-9-19-12/h1-2,5-8,12,18H,3-4,9-11H2. The predicted octanol–water partition coefficient (Wildman–Crippen LogP) is 3.87. The van der Waals surface area contributed by atoms with Crippen LogP contribution in [0.1, 0.15) is 18.6 Å². The second kappa shape index (κ2) is 6.44. The lowest BCUT2D eigenvalue weighted by Crippen LogP contribution is -2.25. The van der Waals surface area contributed by atoms with Gasteiger partial charge in [0.1, 0.15) is 11.5 Å². The van der Waals surface area contributed by atoms with Gasteiger partial charge in [-0.1, -0.05) is 23.7 Å². The van der Waals surface area contributed by atoms with E-state index in [4.69, 9.17) is 20.8 Å². The van der Waals surface area contributed by atoms with E-state index in [0.29, 0.717) is 17.7 Å². The molecule has 106 valence electrons. The molecule has 0 amide bonds. The summed E-state index contributed by atoms with van der Waals surface area (Å²) in [5, 5.41) is 4.08. The minimum absolute atomic E-state index is 0.355. The first kappa shape index (κ1) is 13.7. The third-order valence-corrected chi connectivity index (χ3v) is 3.83. The van der Waals surface area contributed by atoms with E-state index in [1.165, 1.54) is 6.42 Å². The third kappa shape index (κ3) is 3.23. The number of hydrogen-bond donors (Lipinski definition) is 1. The maximum absolute atomic E-state index is 6.17. The fourth-order valence-electron chi connectivity index (χ4n) is 2.44. The molecule has 2 heterocycles. The monoisotopic (exact) mass is 291 g/mol. The molecule has 0 radical (unpaired) electrons. The number of rotatable bonds is 5. The van der Waals surface area contributed by atoms with Crippen molar-refractivity contribution in [3.8, 4) is 11.3 Å². The molecule has 1 atom stereocenters. The first-order chi connectivity index (χ1) is 9.83. The van der Waals surface area contributed by atoms with E-state index in [0.717, 1.165) is 36.7 Å². The van der Waals surface area contributed by atoms with Gasteiger partial charge in [-0.05, 0) is 37.1 Å². The van der Waals surface area contributed by atoms with Crippen molar-refractivity contribution in [2.24, 2.45) is 0 Å². The van der Waals surface area contributed by atoms with Crippen LogP contribution in [0.2, 0.25) is 5.02 Å². The maximum atomic E-state index is 6.17. The second-order valence-corrected chi connectivity index (χ2v) is 5.42. The van der Waals surface area contributed by atoms with Gasteiger partial charge in [0, 0.05) is 18.7 Å². The highest BCUT2D eigenvalue weighted by atomic mass is 35.5. The molecular weight excluding hydrogens is 274 g/mol. The number of ether oxygens (including phenoxy) is 1. The second-order valence-electron chi connectivity index (χ2n) is 5.01. The summed E-state index contributed by atoms with van der Waals surface area (Å²) < 4.78 is 11.4. The van der Waals surface area contributed by atoms with Crippen molar-refractivity contribution in [3.05, 3.63) is 47.2 Å². The molecule has 0 bridgehead atoms. The Hall–Kier alpha value is -1.29. The van der Waals surface area contributed by atoms with Crippen LogP contribution in [0.4, 0.5) is 0 Å². The smallest absolute Gasteiger partial charge is 0.135 e. The molecule has 0 spiro atoms. The van der Waals surface area contributed by atoms with Gasteiger partial charge in [0.25, 0.3) is 0 Å². The van der Waals surface area contributed by atoms with Gasteiger partial charge in [0.2, 0.25) is 0 Å². The van der Waals surface area contributed by atoms with Gasteiger partial charge in [-0.25, -0.2) is 0 Å². The van der Waals surface area contributed by atoms with E-state index in [-0.39, 0.29) is 0 Å². The fourth-order valence-corrected chi connectivity index (χ4v) is 2.67. The molecule has 1 aromatic carbocycles. The minimum atomic E-state index is 0.355. The zero-order chi connectivity index (χ0) is 13.8. The molecule has 1 aromatic heterocycles. The molecule has 1 saturated heterocycles. The highest BCUT2D eigenvalue weighted by Gasteiger charge is 2.15. The van der Waals surface area contributed by atoms with E-state index >= 15 is 0 Å². The Morgan fingerprint density at radius 3 is 2.90 bits per heavy atom. The van der Waals surface area contributed by atoms with Crippen molar-refractivity contribution in [2.75, 3.05) is 13.2 Å². The Bertz CT molecular complexity index is 561. The lowest BCUT2D eigenvalue weighted by molar-refractivity contribution is 0.109. The number of hydrogen-bond acceptors (Lipinski definition) is 3. The largest absolute Gasteiger partial charge is 0.460 e. The molecule has 4 heteroatoms. The normalized spacial score (nSPS) is 18.6. The van der Waals surface area contributed by atoms with Crippen molar-refractivity contribution >= 4 is 11.6 Å². The summed E-state index contributed by atoms with van der Waals surface area (Å²) in [4.78, 5) is 0.